The zero-order valence-electron chi connectivity index (χ0n) is 7.92. The van der Waals surface area contributed by atoms with Crippen LogP contribution in [0.1, 0.15) is 32.1 Å². The lowest BCUT2D eigenvalue weighted by Crippen LogP contribution is -2.24. The maximum Gasteiger partial charge on any atom is 0.220 e. The van der Waals surface area contributed by atoms with E-state index in [-0.39, 0.29) is 12.5 Å². The van der Waals surface area contributed by atoms with Crippen molar-refractivity contribution in [3.05, 3.63) is 0 Å². The van der Waals surface area contributed by atoms with Crippen molar-refractivity contribution in [2.75, 3.05) is 13.1 Å². The zero-order chi connectivity index (χ0) is 9.94. The summed E-state index contributed by atoms with van der Waals surface area (Å²) in [6.45, 7) is 0.846. The van der Waals surface area contributed by atoms with Crippen LogP contribution in [0.4, 0.5) is 0 Å². The summed E-state index contributed by atoms with van der Waals surface area (Å²) in [6, 6.07) is 0. The van der Waals surface area contributed by atoms with Crippen LogP contribution in [-0.2, 0) is 9.59 Å². The predicted octanol–water partition coefficient (Wildman–Crippen LogP) is 0.211. The van der Waals surface area contributed by atoms with Gasteiger partial charge in [0.2, 0.25) is 5.91 Å². The maximum atomic E-state index is 10.9. The number of nitrogens with two attached hydrogens (primary N) is 1. The van der Waals surface area contributed by atoms with E-state index in [0.717, 1.165) is 32.2 Å². The predicted molar refractivity (Wildman–Crippen MR) is 51.2 cm³/mol. The average molecular weight is 186 g/mol. The summed E-state index contributed by atoms with van der Waals surface area (Å²) in [6.07, 6.45) is 5.22. The number of hydrogen-bond acceptors (Lipinski definition) is 3. The fraction of sp³-hybridized carbons (Fsp3) is 0.778. The van der Waals surface area contributed by atoms with Crippen molar-refractivity contribution < 1.29 is 9.59 Å². The molecule has 4 nitrogen and oxygen atoms in total. The van der Waals surface area contributed by atoms with E-state index in [1.807, 2.05) is 0 Å². The highest BCUT2D eigenvalue weighted by molar-refractivity contribution is 5.78. The molecule has 0 heterocycles. The van der Waals surface area contributed by atoms with E-state index in [9.17, 15) is 9.59 Å². The summed E-state index contributed by atoms with van der Waals surface area (Å²) < 4.78 is 0. The topological polar surface area (TPSA) is 72.2 Å². The van der Waals surface area contributed by atoms with Crippen LogP contribution in [-0.4, -0.2) is 25.3 Å². The Morgan fingerprint density at radius 2 is 1.92 bits per heavy atom. The third kappa shape index (κ3) is 9.01. The number of rotatable bonds is 8. The lowest BCUT2D eigenvalue weighted by molar-refractivity contribution is -0.122. The number of hydrogen-bond donors (Lipinski definition) is 2. The molecule has 4 heteroatoms. The first-order chi connectivity index (χ1) is 6.31. The summed E-state index contributed by atoms with van der Waals surface area (Å²) >= 11 is 0. The third-order valence-corrected chi connectivity index (χ3v) is 1.74. The lowest BCUT2D eigenvalue weighted by atomic mass is 10.1. The minimum atomic E-state index is -0.0418. The molecular formula is C9H18N2O2. The van der Waals surface area contributed by atoms with E-state index in [1.165, 1.54) is 0 Å². The Bertz CT molecular complexity index is 149. The van der Waals surface area contributed by atoms with Gasteiger partial charge < -0.3 is 15.8 Å². The van der Waals surface area contributed by atoms with Crippen LogP contribution >= 0.6 is 0 Å². The van der Waals surface area contributed by atoms with Crippen LogP contribution in [0.3, 0.4) is 0 Å². The highest BCUT2D eigenvalue weighted by Crippen LogP contribution is 2.01. The van der Waals surface area contributed by atoms with Gasteiger partial charge in [0.25, 0.3) is 0 Å². The van der Waals surface area contributed by atoms with Crippen molar-refractivity contribution in [2.45, 2.75) is 32.1 Å². The molecule has 0 saturated heterocycles. The van der Waals surface area contributed by atoms with E-state index < -0.39 is 0 Å². The number of carbonyl (C=O) groups is 2. The lowest BCUT2D eigenvalue weighted by Gasteiger charge is -2.00. The van der Waals surface area contributed by atoms with E-state index in [2.05, 4.69) is 5.32 Å². The van der Waals surface area contributed by atoms with Crippen molar-refractivity contribution in [1.29, 1.82) is 0 Å². The molecule has 0 unspecified atom stereocenters. The van der Waals surface area contributed by atoms with Gasteiger partial charge in [0.1, 0.15) is 6.29 Å². The maximum absolute atomic E-state index is 10.9. The normalized spacial score (nSPS) is 9.62. The van der Waals surface area contributed by atoms with E-state index >= 15 is 0 Å². The van der Waals surface area contributed by atoms with Gasteiger partial charge in [0.15, 0.2) is 0 Å². The number of amides is 1. The summed E-state index contributed by atoms with van der Waals surface area (Å²) in [5, 5.41) is 2.49. The minimum absolute atomic E-state index is 0.0418. The first-order valence-corrected chi connectivity index (χ1v) is 4.71. The molecule has 0 aromatic heterocycles. The molecule has 0 aromatic carbocycles. The molecule has 0 atom stereocenters. The van der Waals surface area contributed by atoms with Gasteiger partial charge in [-0.1, -0.05) is 12.8 Å². The van der Waals surface area contributed by atoms with Crippen LogP contribution in [0, 0.1) is 0 Å². The minimum Gasteiger partial charge on any atom is -0.349 e. The van der Waals surface area contributed by atoms with Crippen molar-refractivity contribution in [2.24, 2.45) is 5.73 Å². The van der Waals surface area contributed by atoms with E-state index in [4.69, 9.17) is 5.73 Å². The van der Waals surface area contributed by atoms with Crippen molar-refractivity contribution in [3.63, 3.8) is 0 Å². The second-order valence-corrected chi connectivity index (χ2v) is 2.92. The monoisotopic (exact) mass is 186 g/mol. The third-order valence-electron chi connectivity index (χ3n) is 1.74. The van der Waals surface area contributed by atoms with Gasteiger partial charge in [-0.15, -0.1) is 0 Å². The summed E-state index contributed by atoms with van der Waals surface area (Å²) in [4.78, 5) is 20.8. The molecule has 0 aliphatic carbocycles. The summed E-state index contributed by atoms with van der Waals surface area (Å²) in [5.74, 6) is -0.0418. The molecule has 1 amide bonds. The first kappa shape index (κ1) is 12.1. The Morgan fingerprint density at radius 3 is 2.54 bits per heavy atom. The zero-order valence-corrected chi connectivity index (χ0v) is 7.92. The van der Waals surface area contributed by atoms with E-state index in [1.54, 1.807) is 0 Å². The fourth-order valence-corrected chi connectivity index (χ4v) is 1.03. The molecule has 0 aromatic rings. The molecular weight excluding hydrogens is 168 g/mol. The number of unbranched alkanes of at least 4 members (excludes halogenated alkanes) is 3. The fourth-order valence-electron chi connectivity index (χ4n) is 1.03. The second kappa shape index (κ2) is 9.19. The molecule has 0 radical (unpaired) electrons. The van der Waals surface area contributed by atoms with Crippen LogP contribution in [0.15, 0.2) is 0 Å². The highest BCUT2D eigenvalue weighted by Gasteiger charge is 1.98. The first-order valence-electron chi connectivity index (χ1n) is 4.71. The van der Waals surface area contributed by atoms with Crippen LogP contribution in [0.2, 0.25) is 0 Å². The Labute approximate surface area is 78.9 Å². The van der Waals surface area contributed by atoms with Crippen LogP contribution < -0.4 is 11.1 Å². The van der Waals surface area contributed by atoms with Gasteiger partial charge >= 0.3 is 0 Å². The Kier molecular flexibility index (Phi) is 8.55. The molecule has 0 fully saturated rings. The van der Waals surface area contributed by atoms with Gasteiger partial charge in [-0.3, -0.25) is 4.79 Å². The van der Waals surface area contributed by atoms with Crippen molar-refractivity contribution >= 4 is 12.2 Å². The molecule has 3 N–H and O–H groups in total. The van der Waals surface area contributed by atoms with E-state index in [0.29, 0.717) is 12.7 Å². The number of carbonyl (C=O) groups excluding carboxylic acids is 2. The van der Waals surface area contributed by atoms with Crippen LogP contribution in [0.25, 0.3) is 0 Å². The summed E-state index contributed by atoms with van der Waals surface area (Å²) in [7, 11) is 0. The Balaban J connectivity index is 3.12. The summed E-state index contributed by atoms with van der Waals surface area (Å²) in [5.41, 5.74) is 5.32. The molecule has 0 aliphatic rings. The Morgan fingerprint density at radius 1 is 1.23 bits per heavy atom. The number of aldehydes is 1. The molecule has 0 saturated carbocycles. The van der Waals surface area contributed by atoms with Crippen LogP contribution in [0.5, 0.6) is 0 Å². The smallest absolute Gasteiger partial charge is 0.220 e. The molecule has 0 spiro atoms. The van der Waals surface area contributed by atoms with Gasteiger partial charge in [-0.25, -0.2) is 0 Å². The standard InChI is InChI=1S/C9H18N2O2/c10-6-4-2-1-3-5-9(13)11-7-8-12/h8H,1-7,10H2,(H,11,13). The SMILES string of the molecule is NCCCCCCC(=O)NCC=O. The highest BCUT2D eigenvalue weighted by atomic mass is 16.2. The number of nitrogens with one attached hydrogen (secondary N) is 1. The molecule has 0 aliphatic heterocycles. The molecule has 0 rings (SSSR count). The van der Waals surface area contributed by atoms with Crippen molar-refractivity contribution in [3.8, 4) is 0 Å². The molecule has 0 bridgehead atoms. The average Bonchev–Trinajstić information content (AvgIpc) is 2.14. The molecule has 13 heavy (non-hydrogen) atoms. The quantitative estimate of drug-likeness (QED) is 0.420. The van der Waals surface area contributed by atoms with Crippen molar-refractivity contribution in [1.82, 2.24) is 5.32 Å². The molecule has 76 valence electrons. The Hall–Kier alpha value is -0.900. The van der Waals surface area contributed by atoms with Gasteiger partial charge in [-0.2, -0.15) is 0 Å². The second-order valence-electron chi connectivity index (χ2n) is 2.92. The van der Waals surface area contributed by atoms with Gasteiger partial charge in [0, 0.05) is 6.42 Å². The largest absolute Gasteiger partial charge is 0.349 e. The van der Waals surface area contributed by atoms with Gasteiger partial charge in [-0.05, 0) is 19.4 Å². The van der Waals surface area contributed by atoms with Gasteiger partial charge in [0.05, 0.1) is 6.54 Å².